The predicted octanol–water partition coefficient (Wildman–Crippen LogP) is 2.53. The molecule has 2 aromatic rings. The van der Waals surface area contributed by atoms with E-state index in [9.17, 15) is 23.2 Å². The SMILES string of the molecule is O=C(Cc1ccccc1)NNC(=O)C1CCCN(C(=O)c2ccccc2OC(F)F)C1. The third kappa shape index (κ3) is 6.24. The fraction of sp³-hybridized carbons (Fsp3) is 0.318. The highest BCUT2D eigenvalue weighted by molar-refractivity contribution is 5.97. The molecule has 1 heterocycles. The van der Waals surface area contributed by atoms with Gasteiger partial charge in [-0.2, -0.15) is 8.78 Å². The number of piperidine rings is 1. The highest BCUT2D eigenvalue weighted by Crippen LogP contribution is 2.25. The smallest absolute Gasteiger partial charge is 0.387 e. The molecule has 9 heteroatoms. The van der Waals surface area contributed by atoms with Gasteiger partial charge in [-0.3, -0.25) is 25.2 Å². The number of carbonyl (C=O) groups excluding carboxylic acids is 3. The number of alkyl halides is 2. The molecular weight excluding hydrogens is 408 g/mol. The van der Waals surface area contributed by atoms with E-state index in [-0.39, 0.29) is 30.2 Å². The third-order valence-electron chi connectivity index (χ3n) is 4.95. The first kappa shape index (κ1) is 22.2. The summed E-state index contributed by atoms with van der Waals surface area (Å²) in [5.41, 5.74) is 5.63. The average molecular weight is 431 g/mol. The number of likely N-dealkylation sites (tertiary alicyclic amines) is 1. The van der Waals surface area contributed by atoms with Crippen molar-refractivity contribution in [3.63, 3.8) is 0 Å². The molecule has 1 aliphatic heterocycles. The molecule has 1 aliphatic rings. The Morgan fingerprint density at radius 2 is 1.74 bits per heavy atom. The van der Waals surface area contributed by atoms with Gasteiger partial charge in [-0.1, -0.05) is 42.5 Å². The van der Waals surface area contributed by atoms with Crippen LogP contribution in [0, 0.1) is 5.92 Å². The molecule has 2 N–H and O–H groups in total. The van der Waals surface area contributed by atoms with Crippen LogP contribution in [0.5, 0.6) is 5.75 Å². The van der Waals surface area contributed by atoms with E-state index in [0.717, 1.165) is 5.56 Å². The fourth-order valence-electron chi connectivity index (χ4n) is 3.45. The lowest BCUT2D eigenvalue weighted by Crippen LogP contribution is -2.50. The number of hydrogen-bond acceptors (Lipinski definition) is 4. The number of rotatable bonds is 6. The number of nitrogens with zero attached hydrogens (tertiary/aromatic N) is 1. The van der Waals surface area contributed by atoms with Gasteiger partial charge in [-0.25, -0.2) is 0 Å². The quantitative estimate of drug-likeness (QED) is 0.688. The van der Waals surface area contributed by atoms with E-state index >= 15 is 0 Å². The zero-order chi connectivity index (χ0) is 22.2. The molecule has 7 nitrogen and oxygen atoms in total. The van der Waals surface area contributed by atoms with Crippen molar-refractivity contribution in [1.29, 1.82) is 0 Å². The number of halogens is 2. The van der Waals surface area contributed by atoms with Gasteiger partial charge < -0.3 is 9.64 Å². The molecule has 3 rings (SSSR count). The van der Waals surface area contributed by atoms with Crippen LogP contribution in [0.4, 0.5) is 8.78 Å². The molecule has 0 saturated carbocycles. The van der Waals surface area contributed by atoms with Crippen molar-refractivity contribution < 1.29 is 27.9 Å². The maximum atomic E-state index is 12.8. The van der Waals surface area contributed by atoms with Crippen LogP contribution in [-0.4, -0.2) is 42.3 Å². The number of carbonyl (C=O) groups is 3. The van der Waals surface area contributed by atoms with Crippen molar-refractivity contribution >= 4 is 17.7 Å². The van der Waals surface area contributed by atoms with Crippen molar-refractivity contribution in [1.82, 2.24) is 15.8 Å². The Labute approximate surface area is 178 Å². The minimum Gasteiger partial charge on any atom is -0.434 e. The summed E-state index contributed by atoms with van der Waals surface area (Å²) in [6.07, 6.45) is 1.23. The molecule has 1 unspecified atom stereocenters. The Kier molecular flexibility index (Phi) is 7.53. The summed E-state index contributed by atoms with van der Waals surface area (Å²) in [5, 5.41) is 0. The maximum absolute atomic E-state index is 12.8. The van der Waals surface area contributed by atoms with E-state index in [1.54, 1.807) is 6.07 Å². The van der Waals surface area contributed by atoms with Crippen LogP contribution in [0.25, 0.3) is 0 Å². The summed E-state index contributed by atoms with van der Waals surface area (Å²) in [5.74, 6) is -1.99. The van der Waals surface area contributed by atoms with E-state index in [4.69, 9.17) is 0 Å². The Morgan fingerprint density at radius 1 is 1.03 bits per heavy atom. The van der Waals surface area contributed by atoms with Crippen LogP contribution in [-0.2, 0) is 16.0 Å². The average Bonchev–Trinajstić information content (AvgIpc) is 2.78. The van der Waals surface area contributed by atoms with Gasteiger partial charge in [0.15, 0.2) is 0 Å². The molecule has 3 amide bonds. The van der Waals surface area contributed by atoms with Crippen LogP contribution in [0.2, 0.25) is 0 Å². The Bertz CT molecular complexity index is 924. The summed E-state index contributed by atoms with van der Waals surface area (Å²) < 4.78 is 29.7. The van der Waals surface area contributed by atoms with E-state index in [1.807, 2.05) is 30.3 Å². The lowest BCUT2D eigenvalue weighted by atomic mass is 9.96. The monoisotopic (exact) mass is 431 g/mol. The highest BCUT2D eigenvalue weighted by atomic mass is 19.3. The van der Waals surface area contributed by atoms with Gasteiger partial charge >= 0.3 is 6.61 Å². The van der Waals surface area contributed by atoms with Crippen molar-refractivity contribution in [3.05, 3.63) is 65.7 Å². The normalized spacial score (nSPS) is 16.0. The molecule has 0 aromatic heterocycles. The first-order valence-corrected chi connectivity index (χ1v) is 9.90. The summed E-state index contributed by atoms with van der Waals surface area (Å²) in [6.45, 7) is -2.54. The molecule has 0 aliphatic carbocycles. The van der Waals surface area contributed by atoms with E-state index in [2.05, 4.69) is 15.6 Å². The lowest BCUT2D eigenvalue weighted by molar-refractivity contribution is -0.131. The van der Waals surface area contributed by atoms with Gasteiger partial charge in [-0.15, -0.1) is 0 Å². The number of amides is 3. The predicted molar refractivity (Wildman–Crippen MR) is 108 cm³/mol. The third-order valence-corrected chi connectivity index (χ3v) is 4.95. The Morgan fingerprint density at radius 3 is 2.48 bits per heavy atom. The second-order valence-electron chi connectivity index (χ2n) is 7.16. The van der Waals surface area contributed by atoms with Crippen LogP contribution >= 0.6 is 0 Å². The summed E-state index contributed by atoms with van der Waals surface area (Å²) in [7, 11) is 0. The largest absolute Gasteiger partial charge is 0.434 e. The van der Waals surface area contributed by atoms with Crippen molar-refractivity contribution in [2.75, 3.05) is 13.1 Å². The van der Waals surface area contributed by atoms with Crippen molar-refractivity contribution in [2.45, 2.75) is 25.9 Å². The zero-order valence-electron chi connectivity index (χ0n) is 16.7. The van der Waals surface area contributed by atoms with Gasteiger partial charge in [0.2, 0.25) is 11.8 Å². The van der Waals surface area contributed by atoms with E-state index in [1.165, 1.54) is 23.1 Å². The highest BCUT2D eigenvalue weighted by Gasteiger charge is 2.30. The standard InChI is InChI=1S/C22H23F2N3O4/c23-22(24)31-18-11-5-4-10-17(18)21(30)27-12-6-9-16(14-27)20(29)26-25-19(28)13-15-7-2-1-3-8-15/h1-5,7-8,10-11,16,22H,6,9,12-14H2,(H,25,28)(H,26,29). The van der Waals surface area contributed by atoms with Crippen LogP contribution in [0.1, 0.15) is 28.8 Å². The molecule has 0 bridgehead atoms. The second kappa shape index (κ2) is 10.5. The van der Waals surface area contributed by atoms with Crippen LogP contribution in [0.3, 0.4) is 0 Å². The number of ether oxygens (including phenoxy) is 1. The van der Waals surface area contributed by atoms with Gasteiger partial charge in [0.1, 0.15) is 5.75 Å². The van der Waals surface area contributed by atoms with Crippen LogP contribution in [0.15, 0.2) is 54.6 Å². The molecule has 1 atom stereocenters. The maximum Gasteiger partial charge on any atom is 0.387 e. The van der Waals surface area contributed by atoms with E-state index < -0.39 is 24.3 Å². The number of benzene rings is 2. The van der Waals surface area contributed by atoms with Gasteiger partial charge in [0, 0.05) is 13.1 Å². The summed E-state index contributed by atoms with van der Waals surface area (Å²) >= 11 is 0. The first-order chi connectivity index (χ1) is 14.9. The van der Waals surface area contributed by atoms with Gasteiger partial charge in [0.25, 0.3) is 5.91 Å². The number of hydrogen-bond donors (Lipinski definition) is 2. The molecule has 164 valence electrons. The minimum absolute atomic E-state index is 0.0139. The molecule has 31 heavy (non-hydrogen) atoms. The van der Waals surface area contributed by atoms with E-state index in [0.29, 0.717) is 19.4 Å². The van der Waals surface area contributed by atoms with Crippen molar-refractivity contribution in [3.8, 4) is 5.75 Å². The molecule has 0 spiro atoms. The number of hydrazine groups is 1. The Balaban J connectivity index is 1.55. The van der Waals surface area contributed by atoms with Crippen LogP contribution < -0.4 is 15.6 Å². The molecule has 1 saturated heterocycles. The lowest BCUT2D eigenvalue weighted by Gasteiger charge is -2.32. The fourth-order valence-corrected chi connectivity index (χ4v) is 3.45. The molecule has 0 radical (unpaired) electrons. The molecule has 1 fully saturated rings. The second-order valence-corrected chi connectivity index (χ2v) is 7.16. The van der Waals surface area contributed by atoms with Gasteiger partial charge in [0.05, 0.1) is 17.9 Å². The topological polar surface area (TPSA) is 87.7 Å². The summed E-state index contributed by atoms with van der Waals surface area (Å²) in [6, 6.07) is 14.9. The molecular formula is C22H23F2N3O4. The number of para-hydroxylation sites is 1. The minimum atomic E-state index is -3.05. The van der Waals surface area contributed by atoms with Crippen molar-refractivity contribution in [2.24, 2.45) is 5.92 Å². The molecule has 2 aromatic carbocycles. The van der Waals surface area contributed by atoms with Gasteiger partial charge in [-0.05, 0) is 30.5 Å². The Hall–Kier alpha value is -3.49. The first-order valence-electron chi connectivity index (χ1n) is 9.90. The summed E-state index contributed by atoms with van der Waals surface area (Å²) in [4.78, 5) is 38.8. The zero-order valence-corrected chi connectivity index (χ0v) is 16.7. The number of nitrogens with one attached hydrogen (secondary N) is 2.